The second-order valence-corrected chi connectivity index (χ2v) is 4.29. The highest BCUT2D eigenvalue weighted by Gasteiger charge is 2.24. The number of piperidine rings is 1. The molecule has 0 amide bonds. The molecule has 0 spiro atoms. The zero-order valence-electron chi connectivity index (χ0n) is 8.38. The Morgan fingerprint density at radius 2 is 2.25 bits per heavy atom. The normalized spacial score (nSPS) is 36.8. The molecule has 2 atom stereocenters. The van der Waals surface area contributed by atoms with Crippen molar-refractivity contribution in [3.63, 3.8) is 0 Å². The Morgan fingerprint density at radius 1 is 1.50 bits per heavy atom. The summed E-state index contributed by atoms with van der Waals surface area (Å²) in [7, 11) is 0. The third-order valence-electron chi connectivity index (χ3n) is 2.83. The first-order chi connectivity index (χ1) is 5.66. The minimum Gasteiger partial charge on any atom is -0.633 e. The van der Waals surface area contributed by atoms with Gasteiger partial charge < -0.3 is 9.85 Å². The summed E-state index contributed by atoms with van der Waals surface area (Å²) < 4.78 is 0.0923. The lowest BCUT2D eigenvalue weighted by Gasteiger charge is -2.47. The van der Waals surface area contributed by atoms with E-state index in [-0.39, 0.29) is 4.65 Å². The topological polar surface area (TPSA) is 23.1 Å². The van der Waals surface area contributed by atoms with E-state index in [9.17, 15) is 5.21 Å². The van der Waals surface area contributed by atoms with Crippen LogP contribution < -0.4 is 0 Å². The molecule has 1 heterocycles. The van der Waals surface area contributed by atoms with Crippen molar-refractivity contribution in [3.05, 3.63) is 5.21 Å². The highest BCUT2D eigenvalue weighted by atomic mass is 16.5. The fourth-order valence-corrected chi connectivity index (χ4v) is 2.13. The minimum absolute atomic E-state index is 0.0923. The first kappa shape index (κ1) is 10.0. The predicted molar refractivity (Wildman–Crippen MR) is 51.5 cm³/mol. The minimum atomic E-state index is 0.0923. The Morgan fingerprint density at radius 3 is 2.83 bits per heavy atom. The number of likely N-dealkylation sites (tertiary alicyclic amines) is 1. The van der Waals surface area contributed by atoms with Crippen LogP contribution in [0.5, 0.6) is 0 Å². The summed E-state index contributed by atoms with van der Waals surface area (Å²) in [6.45, 7) is 6.93. The maximum atomic E-state index is 12.0. The van der Waals surface area contributed by atoms with Gasteiger partial charge in [0.15, 0.2) is 0 Å². The molecule has 0 aromatic rings. The molecule has 0 radical (unpaired) electrons. The molecule has 0 saturated carbocycles. The molecule has 2 nitrogen and oxygen atoms in total. The highest BCUT2D eigenvalue weighted by molar-refractivity contribution is 4.61. The first-order valence-corrected chi connectivity index (χ1v) is 5.23. The number of hydroxylamine groups is 3. The molecule has 0 aliphatic carbocycles. The summed E-state index contributed by atoms with van der Waals surface area (Å²) in [6, 6.07) is 0. The third-order valence-corrected chi connectivity index (χ3v) is 2.83. The average Bonchev–Trinajstić information content (AvgIpc) is 2.01. The van der Waals surface area contributed by atoms with E-state index in [0.29, 0.717) is 5.92 Å². The molecule has 1 fully saturated rings. The van der Waals surface area contributed by atoms with E-state index in [4.69, 9.17) is 0 Å². The summed E-state index contributed by atoms with van der Waals surface area (Å²) in [5.41, 5.74) is 0. The highest BCUT2D eigenvalue weighted by Crippen LogP contribution is 2.22. The summed E-state index contributed by atoms with van der Waals surface area (Å²) >= 11 is 0. The van der Waals surface area contributed by atoms with Crippen molar-refractivity contribution in [1.82, 2.24) is 0 Å². The molecule has 0 bridgehead atoms. The van der Waals surface area contributed by atoms with Crippen LogP contribution >= 0.6 is 0 Å². The maximum absolute atomic E-state index is 12.0. The van der Waals surface area contributed by atoms with Crippen LogP contribution in [0.3, 0.4) is 0 Å². The smallest absolute Gasteiger partial charge is 0.0809 e. The van der Waals surface area contributed by atoms with Crippen LogP contribution in [0.15, 0.2) is 0 Å². The number of nitrogens with zero attached hydrogens (tertiary/aromatic N) is 1. The van der Waals surface area contributed by atoms with E-state index < -0.39 is 0 Å². The molecule has 0 N–H and O–H groups in total. The quantitative estimate of drug-likeness (QED) is 0.472. The van der Waals surface area contributed by atoms with Crippen LogP contribution in [0.4, 0.5) is 0 Å². The van der Waals surface area contributed by atoms with E-state index in [1.54, 1.807) is 0 Å². The summed E-state index contributed by atoms with van der Waals surface area (Å²) in [5, 5.41) is 12.0. The van der Waals surface area contributed by atoms with Gasteiger partial charge in [-0.1, -0.05) is 20.3 Å². The van der Waals surface area contributed by atoms with Gasteiger partial charge in [0.1, 0.15) is 0 Å². The zero-order chi connectivity index (χ0) is 9.03. The van der Waals surface area contributed by atoms with Crippen LogP contribution in [0.25, 0.3) is 0 Å². The average molecular weight is 171 g/mol. The van der Waals surface area contributed by atoms with E-state index in [1.807, 2.05) is 0 Å². The zero-order valence-corrected chi connectivity index (χ0v) is 8.38. The van der Waals surface area contributed by atoms with Crippen molar-refractivity contribution in [2.75, 3.05) is 19.6 Å². The van der Waals surface area contributed by atoms with Crippen molar-refractivity contribution < 1.29 is 4.65 Å². The van der Waals surface area contributed by atoms with Crippen LogP contribution in [0.2, 0.25) is 0 Å². The van der Waals surface area contributed by atoms with E-state index >= 15 is 0 Å². The van der Waals surface area contributed by atoms with E-state index in [0.717, 1.165) is 38.9 Å². The standard InChI is InChI=1S/C10H21NO/c1-3-4-7-11(12)8-5-6-10(2)9-11/h10H,3-9H2,1-2H3. The Hall–Kier alpha value is -0.0800. The van der Waals surface area contributed by atoms with E-state index in [1.165, 1.54) is 6.42 Å². The first-order valence-electron chi connectivity index (χ1n) is 5.23. The molecule has 0 aromatic heterocycles. The van der Waals surface area contributed by atoms with Crippen molar-refractivity contribution in [3.8, 4) is 0 Å². The maximum Gasteiger partial charge on any atom is 0.0809 e. The van der Waals surface area contributed by atoms with Gasteiger partial charge in [0.2, 0.25) is 0 Å². The van der Waals surface area contributed by atoms with Gasteiger partial charge in [0, 0.05) is 5.92 Å². The summed E-state index contributed by atoms with van der Waals surface area (Å²) in [6.07, 6.45) is 4.63. The lowest BCUT2D eigenvalue weighted by molar-refractivity contribution is -0.889. The largest absolute Gasteiger partial charge is 0.633 e. The third kappa shape index (κ3) is 2.76. The van der Waals surface area contributed by atoms with Crippen LogP contribution in [0, 0.1) is 11.1 Å². The van der Waals surface area contributed by atoms with Crippen LogP contribution in [-0.4, -0.2) is 24.3 Å². The van der Waals surface area contributed by atoms with Crippen molar-refractivity contribution in [2.24, 2.45) is 5.92 Å². The molecule has 1 aliphatic heterocycles. The number of hydrogen-bond acceptors (Lipinski definition) is 1. The lowest BCUT2D eigenvalue weighted by atomic mass is 9.99. The number of hydrogen-bond donors (Lipinski definition) is 0. The van der Waals surface area contributed by atoms with Crippen molar-refractivity contribution in [1.29, 1.82) is 0 Å². The van der Waals surface area contributed by atoms with Gasteiger partial charge in [-0.2, -0.15) is 0 Å². The fourth-order valence-electron chi connectivity index (χ4n) is 2.13. The molecule has 12 heavy (non-hydrogen) atoms. The molecular weight excluding hydrogens is 150 g/mol. The molecule has 1 rings (SSSR count). The van der Waals surface area contributed by atoms with Crippen molar-refractivity contribution >= 4 is 0 Å². The molecule has 1 aliphatic rings. The predicted octanol–water partition coefficient (Wildman–Crippen LogP) is 2.53. The molecule has 1 saturated heterocycles. The van der Waals surface area contributed by atoms with Gasteiger partial charge in [-0.15, -0.1) is 0 Å². The number of unbranched alkanes of at least 4 members (excludes halogenated alkanes) is 1. The number of quaternary nitrogens is 1. The molecule has 72 valence electrons. The van der Waals surface area contributed by atoms with Gasteiger partial charge in [-0.25, -0.2) is 0 Å². The van der Waals surface area contributed by atoms with Gasteiger partial charge in [-0.05, 0) is 19.3 Å². The molecule has 2 heteroatoms. The second-order valence-electron chi connectivity index (χ2n) is 4.29. The Balaban J connectivity index is 2.35. The Labute approximate surface area is 75.7 Å². The van der Waals surface area contributed by atoms with Gasteiger partial charge in [0.05, 0.1) is 19.6 Å². The number of rotatable bonds is 3. The molecule has 0 aromatic carbocycles. The van der Waals surface area contributed by atoms with Gasteiger partial charge in [0.25, 0.3) is 0 Å². The van der Waals surface area contributed by atoms with Gasteiger partial charge in [-0.3, -0.25) is 0 Å². The van der Waals surface area contributed by atoms with Crippen LogP contribution in [0.1, 0.15) is 39.5 Å². The second kappa shape index (κ2) is 4.24. The lowest BCUT2D eigenvalue weighted by Crippen LogP contribution is -2.49. The Bertz CT molecular complexity index is 138. The Kier molecular flexibility index (Phi) is 3.53. The molecule has 2 unspecified atom stereocenters. The van der Waals surface area contributed by atoms with E-state index in [2.05, 4.69) is 13.8 Å². The van der Waals surface area contributed by atoms with Gasteiger partial charge >= 0.3 is 0 Å². The SMILES string of the molecule is CCCC[N+]1([O-])CCCC(C)C1. The van der Waals surface area contributed by atoms with Crippen LogP contribution in [-0.2, 0) is 0 Å². The monoisotopic (exact) mass is 171 g/mol. The molecular formula is C10H21NO. The van der Waals surface area contributed by atoms with Crippen molar-refractivity contribution in [2.45, 2.75) is 39.5 Å². The fraction of sp³-hybridized carbons (Fsp3) is 1.00. The summed E-state index contributed by atoms with van der Waals surface area (Å²) in [4.78, 5) is 0. The summed E-state index contributed by atoms with van der Waals surface area (Å²) in [5.74, 6) is 0.646.